The quantitative estimate of drug-likeness (QED) is 0.660. The molecule has 1 fully saturated rings. The number of methoxy groups -OCH3 is 1. The smallest absolute Gasteiger partial charge is 0.339 e. The van der Waals surface area contributed by atoms with Crippen molar-refractivity contribution in [2.45, 2.75) is 32.9 Å². The molecule has 0 aromatic carbocycles. The molecule has 2 atom stereocenters. The maximum absolute atomic E-state index is 11.8. The summed E-state index contributed by atoms with van der Waals surface area (Å²) in [5, 5.41) is 14.5. The van der Waals surface area contributed by atoms with Gasteiger partial charge in [-0.15, -0.1) is 0 Å². The highest BCUT2D eigenvalue weighted by atomic mass is 16.5. The van der Waals surface area contributed by atoms with Gasteiger partial charge < -0.3 is 19.3 Å². The minimum atomic E-state index is -0.492. The number of aryl methyl sites for hydroxylation is 2. The molecule has 9 nitrogen and oxygen atoms in total. The number of fused-ring (bicyclic) bond motifs is 1. The zero-order valence-corrected chi connectivity index (χ0v) is 16.1. The molecule has 3 aromatic rings. The Hall–Kier alpha value is -2.94. The molecule has 9 heteroatoms. The van der Waals surface area contributed by atoms with Crippen LogP contribution in [-0.2, 0) is 17.7 Å². The van der Waals surface area contributed by atoms with Crippen LogP contribution in [0.5, 0.6) is 0 Å². The first kappa shape index (κ1) is 18.4. The van der Waals surface area contributed by atoms with Crippen molar-refractivity contribution in [1.82, 2.24) is 19.7 Å². The number of aliphatic hydroxyl groups excluding tert-OH is 1. The van der Waals surface area contributed by atoms with Gasteiger partial charge in [0.1, 0.15) is 11.3 Å². The van der Waals surface area contributed by atoms with Crippen molar-refractivity contribution < 1.29 is 19.2 Å². The Kier molecular flexibility index (Phi) is 4.76. The van der Waals surface area contributed by atoms with Crippen LogP contribution in [0.1, 0.15) is 28.7 Å². The molecule has 1 saturated heterocycles. The van der Waals surface area contributed by atoms with Crippen molar-refractivity contribution in [1.29, 1.82) is 0 Å². The average molecular weight is 385 g/mol. The molecule has 0 saturated carbocycles. The number of anilines is 1. The van der Waals surface area contributed by atoms with Crippen LogP contribution in [-0.4, -0.2) is 57.1 Å². The van der Waals surface area contributed by atoms with Gasteiger partial charge in [-0.3, -0.25) is 4.57 Å². The lowest BCUT2D eigenvalue weighted by molar-refractivity contribution is 0.0600. The molecule has 4 heterocycles. The van der Waals surface area contributed by atoms with Gasteiger partial charge in [-0.05, 0) is 19.9 Å². The third-order valence-corrected chi connectivity index (χ3v) is 5.13. The number of aromatic nitrogens is 4. The van der Waals surface area contributed by atoms with E-state index < -0.39 is 12.1 Å². The highest BCUT2D eigenvalue weighted by molar-refractivity contribution is 5.92. The molecule has 0 unspecified atom stereocenters. The highest BCUT2D eigenvalue weighted by Gasteiger charge is 2.34. The largest absolute Gasteiger partial charge is 0.465 e. The first-order valence-corrected chi connectivity index (χ1v) is 9.30. The van der Waals surface area contributed by atoms with Crippen molar-refractivity contribution >= 4 is 23.1 Å². The molecule has 0 amide bonds. The van der Waals surface area contributed by atoms with Crippen LogP contribution in [0.25, 0.3) is 11.2 Å². The SMILES string of the molecule is CCn1c(N2C[C@@H](Cc3cc(C)no3)[C@@H](O)C2)nc2cc(C(=O)OC)cnc21. The van der Waals surface area contributed by atoms with Crippen LogP contribution in [0, 0.1) is 12.8 Å². The van der Waals surface area contributed by atoms with Crippen LogP contribution in [0.3, 0.4) is 0 Å². The standard InChI is InChI=1S/C19H23N5O4/c1-4-24-17-15(7-12(8-20-17)18(26)27-3)21-19(24)23-9-13(16(25)10-23)6-14-5-11(2)22-28-14/h5,7-8,13,16,25H,4,6,9-10H2,1-3H3/t13-,16+/m1/s1. The highest BCUT2D eigenvalue weighted by Crippen LogP contribution is 2.29. The van der Waals surface area contributed by atoms with E-state index in [2.05, 4.69) is 15.0 Å². The number of carbonyl (C=O) groups is 1. The lowest BCUT2D eigenvalue weighted by atomic mass is 10.0. The Morgan fingerprint density at radius 2 is 2.21 bits per heavy atom. The second kappa shape index (κ2) is 7.23. The summed E-state index contributed by atoms with van der Waals surface area (Å²) < 4.78 is 12.1. The molecular weight excluding hydrogens is 362 g/mol. The first-order chi connectivity index (χ1) is 13.5. The summed E-state index contributed by atoms with van der Waals surface area (Å²) in [6.45, 7) is 5.69. The minimum Gasteiger partial charge on any atom is -0.465 e. The number of carbonyl (C=O) groups excluding carboxylic acids is 1. The number of pyridine rings is 1. The fourth-order valence-corrected chi connectivity index (χ4v) is 3.75. The van der Waals surface area contributed by atoms with Crippen LogP contribution in [0.4, 0.5) is 5.95 Å². The maximum atomic E-state index is 11.8. The van der Waals surface area contributed by atoms with Gasteiger partial charge in [0.05, 0.1) is 24.5 Å². The number of imidazole rings is 1. The van der Waals surface area contributed by atoms with Crippen LogP contribution in [0.15, 0.2) is 22.9 Å². The van der Waals surface area contributed by atoms with Gasteiger partial charge in [0.15, 0.2) is 5.65 Å². The van der Waals surface area contributed by atoms with E-state index in [1.807, 2.05) is 24.5 Å². The van der Waals surface area contributed by atoms with Gasteiger partial charge >= 0.3 is 5.97 Å². The third kappa shape index (κ3) is 3.22. The second-order valence-corrected chi connectivity index (χ2v) is 7.09. The molecule has 3 aromatic heterocycles. The topological polar surface area (TPSA) is 107 Å². The van der Waals surface area contributed by atoms with Crippen molar-refractivity contribution in [3.8, 4) is 0 Å². The van der Waals surface area contributed by atoms with Crippen molar-refractivity contribution in [2.24, 2.45) is 5.92 Å². The number of hydrogen-bond donors (Lipinski definition) is 1. The van der Waals surface area contributed by atoms with E-state index in [1.165, 1.54) is 13.3 Å². The average Bonchev–Trinajstić information content (AvgIpc) is 3.37. The molecule has 148 valence electrons. The number of aliphatic hydroxyl groups is 1. The lowest BCUT2D eigenvalue weighted by Gasteiger charge is -2.18. The predicted molar refractivity (Wildman–Crippen MR) is 101 cm³/mol. The van der Waals surface area contributed by atoms with E-state index in [0.29, 0.717) is 42.8 Å². The Bertz CT molecular complexity index is 1010. The summed E-state index contributed by atoms with van der Waals surface area (Å²) in [7, 11) is 1.34. The van der Waals surface area contributed by atoms with Gasteiger partial charge in [-0.1, -0.05) is 5.16 Å². The fourth-order valence-electron chi connectivity index (χ4n) is 3.75. The van der Waals surface area contributed by atoms with Crippen LogP contribution < -0.4 is 4.90 Å². The Labute approximate surface area is 161 Å². The Morgan fingerprint density at radius 3 is 2.89 bits per heavy atom. The summed E-state index contributed by atoms with van der Waals surface area (Å²) in [6.07, 6.45) is 1.63. The van der Waals surface area contributed by atoms with Crippen LogP contribution >= 0.6 is 0 Å². The molecule has 0 radical (unpaired) electrons. The molecule has 1 aliphatic rings. The van der Waals surface area contributed by atoms with Gasteiger partial charge in [0.25, 0.3) is 0 Å². The van der Waals surface area contributed by atoms with E-state index in [4.69, 9.17) is 14.2 Å². The summed E-state index contributed by atoms with van der Waals surface area (Å²) in [6, 6.07) is 3.58. The molecule has 4 rings (SSSR count). The predicted octanol–water partition coefficient (Wildman–Crippen LogP) is 1.57. The van der Waals surface area contributed by atoms with E-state index >= 15 is 0 Å². The molecule has 0 bridgehead atoms. The third-order valence-electron chi connectivity index (χ3n) is 5.13. The molecule has 0 spiro atoms. The van der Waals surface area contributed by atoms with Crippen molar-refractivity contribution in [3.05, 3.63) is 35.3 Å². The fraction of sp³-hybridized carbons (Fsp3) is 0.474. The molecule has 0 aliphatic carbocycles. The number of β-amino-alcohol motifs (C(OH)–C–C–N with tert-alkyl or cyclic N) is 1. The normalized spacial score (nSPS) is 19.5. The summed E-state index contributed by atoms with van der Waals surface area (Å²) >= 11 is 0. The monoisotopic (exact) mass is 385 g/mol. The Morgan fingerprint density at radius 1 is 1.39 bits per heavy atom. The van der Waals surface area contributed by atoms with Gasteiger partial charge in [-0.2, -0.15) is 0 Å². The zero-order chi connectivity index (χ0) is 19.8. The van der Waals surface area contributed by atoms with Crippen molar-refractivity contribution in [3.63, 3.8) is 0 Å². The van der Waals surface area contributed by atoms with Crippen molar-refractivity contribution in [2.75, 3.05) is 25.1 Å². The molecule has 1 N–H and O–H groups in total. The number of esters is 1. The zero-order valence-electron chi connectivity index (χ0n) is 16.1. The summed E-state index contributed by atoms with van der Waals surface area (Å²) in [5.74, 6) is 1.09. The number of ether oxygens (including phenoxy) is 1. The minimum absolute atomic E-state index is 0.0241. The van der Waals surface area contributed by atoms with Gasteiger partial charge in [-0.25, -0.2) is 14.8 Å². The molecule has 28 heavy (non-hydrogen) atoms. The maximum Gasteiger partial charge on any atom is 0.339 e. The van der Waals surface area contributed by atoms with E-state index in [9.17, 15) is 9.90 Å². The van der Waals surface area contributed by atoms with Gasteiger partial charge in [0, 0.05) is 44.2 Å². The van der Waals surface area contributed by atoms with Crippen LogP contribution in [0.2, 0.25) is 0 Å². The van der Waals surface area contributed by atoms with Gasteiger partial charge in [0.2, 0.25) is 5.95 Å². The van der Waals surface area contributed by atoms with E-state index in [-0.39, 0.29) is 5.92 Å². The summed E-state index contributed by atoms with van der Waals surface area (Å²) in [4.78, 5) is 22.9. The number of nitrogens with zero attached hydrogens (tertiary/aromatic N) is 5. The molecular formula is C19H23N5O4. The summed E-state index contributed by atoms with van der Waals surface area (Å²) in [5.41, 5.74) is 2.53. The molecule has 1 aliphatic heterocycles. The van der Waals surface area contributed by atoms with E-state index in [0.717, 1.165) is 17.4 Å². The second-order valence-electron chi connectivity index (χ2n) is 7.09. The number of hydrogen-bond acceptors (Lipinski definition) is 8. The lowest BCUT2D eigenvalue weighted by Crippen LogP contribution is -2.24. The Balaban J connectivity index is 1.62. The first-order valence-electron chi connectivity index (χ1n) is 9.30. The van der Waals surface area contributed by atoms with E-state index in [1.54, 1.807) is 6.07 Å². The number of rotatable bonds is 5.